The Hall–Kier alpha value is -1.80. The number of Topliss-reactive ketones (excluding diaryl/α,β-unsaturated/α-hetero) is 1. The summed E-state index contributed by atoms with van der Waals surface area (Å²) < 4.78 is 37.9. The van der Waals surface area contributed by atoms with E-state index in [1.165, 1.54) is 12.1 Å². The van der Waals surface area contributed by atoms with Crippen LogP contribution < -0.4 is 5.73 Å². The summed E-state index contributed by atoms with van der Waals surface area (Å²) in [4.78, 5) is 11.7. The first-order valence-corrected chi connectivity index (χ1v) is 4.77. The zero-order valence-electron chi connectivity index (χ0n) is 8.79. The summed E-state index contributed by atoms with van der Waals surface area (Å²) in [6.45, 7) is 0. The zero-order valence-corrected chi connectivity index (χ0v) is 8.79. The standard InChI is InChI=1S/C12H10F3NO/c1-2-5-10(16)11(17)8-6-3-4-7-9(8)12(13,14)15/h1,3-4,6-7,10H,5,16H2. The number of carbonyl (C=O) groups is 1. The maximum atomic E-state index is 12.6. The lowest BCUT2D eigenvalue weighted by atomic mass is 9.97. The lowest BCUT2D eigenvalue weighted by molar-refractivity contribution is -0.137. The molecule has 0 aliphatic rings. The van der Waals surface area contributed by atoms with Crippen molar-refractivity contribution in [3.05, 3.63) is 35.4 Å². The highest BCUT2D eigenvalue weighted by Gasteiger charge is 2.35. The molecule has 1 aromatic carbocycles. The zero-order chi connectivity index (χ0) is 13.1. The van der Waals surface area contributed by atoms with Gasteiger partial charge in [0.15, 0.2) is 5.78 Å². The molecule has 0 aromatic heterocycles. The van der Waals surface area contributed by atoms with Crippen molar-refractivity contribution in [3.8, 4) is 12.3 Å². The van der Waals surface area contributed by atoms with Gasteiger partial charge in [-0.05, 0) is 6.07 Å². The fourth-order valence-electron chi connectivity index (χ4n) is 1.36. The molecule has 0 bridgehead atoms. The van der Waals surface area contributed by atoms with E-state index in [0.29, 0.717) is 0 Å². The number of hydrogen-bond acceptors (Lipinski definition) is 2. The average Bonchev–Trinajstić information content (AvgIpc) is 2.27. The summed E-state index contributed by atoms with van der Waals surface area (Å²) in [6, 6.07) is 3.40. The van der Waals surface area contributed by atoms with Crippen molar-refractivity contribution in [3.63, 3.8) is 0 Å². The Bertz CT molecular complexity index is 460. The molecule has 0 saturated heterocycles. The maximum Gasteiger partial charge on any atom is 0.417 e. The number of halogens is 3. The highest BCUT2D eigenvalue weighted by atomic mass is 19.4. The fourth-order valence-corrected chi connectivity index (χ4v) is 1.36. The van der Waals surface area contributed by atoms with Crippen LogP contribution in [0.15, 0.2) is 24.3 Å². The normalized spacial score (nSPS) is 12.9. The predicted octanol–water partition coefficient (Wildman–Crippen LogP) is 2.24. The molecule has 17 heavy (non-hydrogen) atoms. The van der Waals surface area contributed by atoms with Gasteiger partial charge in [0, 0.05) is 12.0 Å². The van der Waals surface area contributed by atoms with Gasteiger partial charge >= 0.3 is 6.18 Å². The minimum atomic E-state index is -4.58. The van der Waals surface area contributed by atoms with Gasteiger partial charge in [0.1, 0.15) is 0 Å². The number of hydrogen-bond donors (Lipinski definition) is 1. The molecule has 0 heterocycles. The quantitative estimate of drug-likeness (QED) is 0.651. The SMILES string of the molecule is C#CCC(N)C(=O)c1ccccc1C(F)(F)F. The first kappa shape index (κ1) is 13.3. The van der Waals surface area contributed by atoms with Crippen molar-refractivity contribution in [2.75, 3.05) is 0 Å². The summed E-state index contributed by atoms with van der Waals surface area (Å²) in [5.74, 6) is 1.35. The predicted molar refractivity (Wildman–Crippen MR) is 57.2 cm³/mol. The number of carbonyl (C=O) groups excluding carboxylic acids is 1. The molecular formula is C12H10F3NO. The molecule has 0 aliphatic heterocycles. The van der Waals surface area contributed by atoms with Crippen molar-refractivity contribution in [2.45, 2.75) is 18.6 Å². The van der Waals surface area contributed by atoms with Gasteiger partial charge in [-0.3, -0.25) is 4.79 Å². The van der Waals surface area contributed by atoms with Crippen molar-refractivity contribution in [2.24, 2.45) is 5.73 Å². The van der Waals surface area contributed by atoms with Gasteiger partial charge in [-0.25, -0.2) is 0 Å². The minimum Gasteiger partial charge on any atom is -0.320 e. The highest BCUT2D eigenvalue weighted by molar-refractivity contribution is 6.01. The lowest BCUT2D eigenvalue weighted by Gasteiger charge is -2.14. The molecule has 1 unspecified atom stereocenters. The molecule has 0 spiro atoms. The van der Waals surface area contributed by atoms with Crippen LogP contribution in [0.1, 0.15) is 22.3 Å². The number of rotatable bonds is 3. The van der Waals surface area contributed by atoms with Gasteiger partial charge in [0.25, 0.3) is 0 Å². The molecule has 1 rings (SSSR count). The Morgan fingerprint density at radius 2 is 2.00 bits per heavy atom. The van der Waals surface area contributed by atoms with Crippen molar-refractivity contribution >= 4 is 5.78 Å². The smallest absolute Gasteiger partial charge is 0.320 e. The summed E-state index contributed by atoms with van der Waals surface area (Å²) >= 11 is 0. The average molecular weight is 241 g/mol. The Labute approximate surface area is 96.6 Å². The second kappa shape index (κ2) is 5.02. The molecule has 0 fully saturated rings. The highest BCUT2D eigenvalue weighted by Crippen LogP contribution is 2.32. The molecule has 0 aliphatic carbocycles. The third-order valence-electron chi connectivity index (χ3n) is 2.17. The molecule has 5 heteroatoms. The molecule has 0 saturated carbocycles. The first-order valence-electron chi connectivity index (χ1n) is 4.77. The van der Waals surface area contributed by atoms with Crippen molar-refractivity contribution < 1.29 is 18.0 Å². The number of terminal acetylenes is 1. The molecule has 0 radical (unpaired) electrons. The Morgan fingerprint density at radius 1 is 1.41 bits per heavy atom. The van der Waals surface area contributed by atoms with E-state index in [1.807, 2.05) is 0 Å². The van der Waals surface area contributed by atoms with Crippen LogP contribution in [0.25, 0.3) is 0 Å². The molecule has 1 atom stereocenters. The number of nitrogens with two attached hydrogens (primary N) is 1. The van der Waals surface area contributed by atoms with Gasteiger partial charge in [-0.15, -0.1) is 12.3 Å². The van der Waals surface area contributed by atoms with Gasteiger partial charge in [0.05, 0.1) is 11.6 Å². The molecule has 90 valence electrons. The first-order chi connectivity index (χ1) is 7.88. The van der Waals surface area contributed by atoms with E-state index in [2.05, 4.69) is 5.92 Å². The van der Waals surface area contributed by atoms with Crippen LogP contribution in [0.2, 0.25) is 0 Å². The summed E-state index contributed by atoms with van der Waals surface area (Å²) in [7, 11) is 0. The third-order valence-corrected chi connectivity index (χ3v) is 2.17. The summed E-state index contributed by atoms with van der Waals surface area (Å²) in [5, 5.41) is 0. The third kappa shape index (κ3) is 3.08. The topological polar surface area (TPSA) is 43.1 Å². The van der Waals surface area contributed by atoms with Crippen LogP contribution in [0, 0.1) is 12.3 Å². The molecule has 2 nitrogen and oxygen atoms in total. The van der Waals surface area contributed by atoms with E-state index < -0.39 is 29.1 Å². The van der Waals surface area contributed by atoms with E-state index in [-0.39, 0.29) is 6.42 Å². The van der Waals surface area contributed by atoms with Gasteiger partial charge in [0.2, 0.25) is 0 Å². The number of benzene rings is 1. The molecule has 1 aromatic rings. The monoisotopic (exact) mass is 241 g/mol. The second-order valence-electron chi connectivity index (χ2n) is 3.42. The van der Waals surface area contributed by atoms with E-state index in [4.69, 9.17) is 12.2 Å². The van der Waals surface area contributed by atoms with E-state index in [1.54, 1.807) is 0 Å². The van der Waals surface area contributed by atoms with Crippen LogP contribution in [-0.4, -0.2) is 11.8 Å². The van der Waals surface area contributed by atoms with Crippen LogP contribution in [0.4, 0.5) is 13.2 Å². The minimum absolute atomic E-state index is 0.0922. The second-order valence-corrected chi connectivity index (χ2v) is 3.42. The van der Waals surface area contributed by atoms with Crippen LogP contribution in [0.5, 0.6) is 0 Å². The van der Waals surface area contributed by atoms with E-state index in [0.717, 1.165) is 12.1 Å². The fraction of sp³-hybridized carbons (Fsp3) is 0.250. The van der Waals surface area contributed by atoms with E-state index >= 15 is 0 Å². The maximum absolute atomic E-state index is 12.6. The number of ketones is 1. The molecule has 0 amide bonds. The van der Waals surface area contributed by atoms with Crippen LogP contribution in [-0.2, 0) is 6.18 Å². The number of alkyl halides is 3. The van der Waals surface area contributed by atoms with Gasteiger partial charge < -0.3 is 5.73 Å². The largest absolute Gasteiger partial charge is 0.417 e. The van der Waals surface area contributed by atoms with E-state index in [9.17, 15) is 18.0 Å². The molecular weight excluding hydrogens is 231 g/mol. The van der Waals surface area contributed by atoms with Crippen molar-refractivity contribution in [1.29, 1.82) is 0 Å². The van der Waals surface area contributed by atoms with Crippen molar-refractivity contribution in [1.82, 2.24) is 0 Å². The van der Waals surface area contributed by atoms with Crippen LogP contribution >= 0.6 is 0 Å². The summed E-state index contributed by atoms with van der Waals surface area (Å²) in [5.41, 5.74) is 3.98. The Balaban J connectivity index is 3.15. The Kier molecular flexibility index (Phi) is 3.92. The lowest BCUT2D eigenvalue weighted by Crippen LogP contribution is -2.31. The van der Waals surface area contributed by atoms with Crippen LogP contribution in [0.3, 0.4) is 0 Å². The van der Waals surface area contributed by atoms with Gasteiger partial charge in [-0.1, -0.05) is 18.2 Å². The Morgan fingerprint density at radius 3 is 2.53 bits per heavy atom. The summed E-state index contributed by atoms with van der Waals surface area (Å²) in [6.07, 6.45) is 0.291. The molecule has 2 N–H and O–H groups in total. The van der Waals surface area contributed by atoms with Gasteiger partial charge in [-0.2, -0.15) is 13.2 Å².